The smallest absolute Gasteiger partial charge is 0.00134 e. The summed E-state index contributed by atoms with van der Waals surface area (Å²) in [6.07, 6.45) is 14.9. The van der Waals surface area contributed by atoms with Crippen molar-refractivity contribution in [3.05, 3.63) is 0 Å². The standard InChI is InChI=1S/C17H32N2/c1-2-7-17(8-3-1)9-14-19(15-10-17)13-6-16-4-11-18-12-5-16/h16,18H,1-15H2. The summed E-state index contributed by atoms with van der Waals surface area (Å²) in [5, 5.41) is 3.48. The highest BCUT2D eigenvalue weighted by Gasteiger charge is 2.35. The van der Waals surface area contributed by atoms with Crippen LogP contribution in [0.15, 0.2) is 0 Å². The normalized spacial score (nSPS) is 29.7. The van der Waals surface area contributed by atoms with Gasteiger partial charge in [0, 0.05) is 0 Å². The molecule has 2 heteroatoms. The Morgan fingerprint density at radius 2 is 1.58 bits per heavy atom. The molecule has 2 nitrogen and oxygen atoms in total. The first kappa shape index (κ1) is 13.9. The van der Waals surface area contributed by atoms with Gasteiger partial charge in [0.1, 0.15) is 0 Å². The third-order valence-corrected chi connectivity index (χ3v) is 6.14. The molecule has 110 valence electrons. The molecule has 19 heavy (non-hydrogen) atoms. The first-order valence-electron chi connectivity index (χ1n) is 8.79. The second kappa shape index (κ2) is 6.58. The van der Waals surface area contributed by atoms with Crippen molar-refractivity contribution < 1.29 is 0 Å². The average Bonchev–Trinajstić information content (AvgIpc) is 2.49. The molecule has 0 aromatic heterocycles. The Labute approximate surface area is 119 Å². The minimum atomic E-state index is 0.781. The Kier molecular flexibility index (Phi) is 4.81. The second-order valence-electron chi connectivity index (χ2n) is 7.38. The van der Waals surface area contributed by atoms with Crippen LogP contribution in [0.2, 0.25) is 0 Å². The Hall–Kier alpha value is -0.0800. The molecular formula is C17H32N2. The highest BCUT2D eigenvalue weighted by Crippen LogP contribution is 2.44. The lowest BCUT2D eigenvalue weighted by Crippen LogP contribution is -2.42. The van der Waals surface area contributed by atoms with Gasteiger partial charge in [-0.25, -0.2) is 0 Å². The maximum absolute atomic E-state index is 3.48. The number of hydrogen-bond donors (Lipinski definition) is 1. The largest absolute Gasteiger partial charge is 0.317 e. The molecule has 3 fully saturated rings. The maximum Gasteiger partial charge on any atom is -0.00134 e. The molecule has 3 aliphatic rings. The second-order valence-corrected chi connectivity index (χ2v) is 7.38. The zero-order chi connectivity index (χ0) is 13.0. The Bertz CT molecular complexity index is 252. The number of piperidine rings is 2. The topological polar surface area (TPSA) is 15.3 Å². The van der Waals surface area contributed by atoms with Gasteiger partial charge < -0.3 is 10.2 Å². The fraction of sp³-hybridized carbons (Fsp3) is 1.00. The third-order valence-electron chi connectivity index (χ3n) is 6.14. The predicted molar refractivity (Wildman–Crippen MR) is 81.4 cm³/mol. The molecule has 2 saturated heterocycles. The molecule has 1 spiro atoms. The third kappa shape index (κ3) is 3.72. The highest BCUT2D eigenvalue weighted by atomic mass is 15.1. The molecule has 1 aliphatic carbocycles. The summed E-state index contributed by atoms with van der Waals surface area (Å²) in [7, 11) is 0. The summed E-state index contributed by atoms with van der Waals surface area (Å²) < 4.78 is 0. The van der Waals surface area contributed by atoms with Gasteiger partial charge in [-0.1, -0.05) is 19.3 Å². The molecule has 0 atom stereocenters. The van der Waals surface area contributed by atoms with Crippen LogP contribution in [0.3, 0.4) is 0 Å². The van der Waals surface area contributed by atoms with Gasteiger partial charge in [0.2, 0.25) is 0 Å². The van der Waals surface area contributed by atoms with Crippen LogP contribution in [0.25, 0.3) is 0 Å². The molecule has 0 unspecified atom stereocenters. The van der Waals surface area contributed by atoms with E-state index in [2.05, 4.69) is 10.2 Å². The maximum atomic E-state index is 3.48. The Morgan fingerprint density at radius 3 is 2.26 bits per heavy atom. The van der Waals surface area contributed by atoms with E-state index < -0.39 is 0 Å². The highest BCUT2D eigenvalue weighted by molar-refractivity contribution is 4.88. The van der Waals surface area contributed by atoms with Crippen LogP contribution in [0, 0.1) is 11.3 Å². The van der Waals surface area contributed by atoms with Crippen LogP contribution in [-0.2, 0) is 0 Å². The molecule has 0 radical (unpaired) electrons. The molecular weight excluding hydrogens is 232 g/mol. The zero-order valence-corrected chi connectivity index (χ0v) is 12.6. The molecule has 1 saturated carbocycles. The van der Waals surface area contributed by atoms with E-state index in [1.807, 2.05) is 0 Å². The van der Waals surface area contributed by atoms with E-state index in [0.29, 0.717) is 0 Å². The van der Waals surface area contributed by atoms with Gasteiger partial charge in [-0.05, 0) is 89.0 Å². The fourth-order valence-corrected chi connectivity index (χ4v) is 4.59. The molecule has 1 N–H and O–H groups in total. The van der Waals surface area contributed by atoms with Gasteiger partial charge in [-0.3, -0.25) is 0 Å². The van der Waals surface area contributed by atoms with Crippen molar-refractivity contribution in [2.75, 3.05) is 32.7 Å². The van der Waals surface area contributed by atoms with Gasteiger partial charge in [0.15, 0.2) is 0 Å². The van der Waals surface area contributed by atoms with E-state index in [1.165, 1.54) is 96.9 Å². The van der Waals surface area contributed by atoms with E-state index >= 15 is 0 Å². The number of likely N-dealkylation sites (tertiary alicyclic amines) is 1. The zero-order valence-electron chi connectivity index (χ0n) is 12.6. The summed E-state index contributed by atoms with van der Waals surface area (Å²) in [6, 6.07) is 0. The van der Waals surface area contributed by atoms with Gasteiger partial charge in [-0.15, -0.1) is 0 Å². The molecule has 0 amide bonds. The van der Waals surface area contributed by atoms with Gasteiger partial charge in [0.05, 0.1) is 0 Å². The quantitative estimate of drug-likeness (QED) is 0.840. The summed E-state index contributed by atoms with van der Waals surface area (Å²) in [5.41, 5.74) is 0.781. The van der Waals surface area contributed by atoms with E-state index in [-0.39, 0.29) is 0 Å². The summed E-state index contributed by atoms with van der Waals surface area (Å²) in [6.45, 7) is 6.68. The van der Waals surface area contributed by atoms with Crippen LogP contribution < -0.4 is 5.32 Å². The van der Waals surface area contributed by atoms with Crippen molar-refractivity contribution in [2.24, 2.45) is 11.3 Å². The van der Waals surface area contributed by atoms with Crippen molar-refractivity contribution in [2.45, 2.75) is 64.2 Å². The minimum Gasteiger partial charge on any atom is -0.317 e. The first-order chi connectivity index (χ1) is 9.36. The average molecular weight is 264 g/mol. The fourth-order valence-electron chi connectivity index (χ4n) is 4.59. The number of hydrogen-bond acceptors (Lipinski definition) is 2. The van der Waals surface area contributed by atoms with E-state index in [0.717, 1.165) is 11.3 Å². The molecule has 2 heterocycles. The van der Waals surface area contributed by atoms with Crippen LogP contribution in [0.4, 0.5) is 0 Å². The van der Waals surface area contributed by atoms with Gasteiger partial charge >= 0.3 is 0 Å². The lowest BCUT2D eigenvalue weighted by molar-refractivity contribution is 0.0641. The molecule has 0 bridgehead atoms. The lowest BCUT2D eigenvalue weighted by Gasteiger charge is -2.44. The van der Waals surface area contributed by atoms with Crippen molar-refractivity contribution >= 4 is 0 Å². The van der Waals surface area contributed by atoms with Crippen molar-refractivity contribution in [1.82, 2.24) is 10.2 Å². The van der Waals surface area contributed by atoms with Gasteiger partial charge in [0.25, 0.3) is 0 Å². The van der Waals surface area contributed by atoms with Gasteiger partial charge in [-0.2, -0.15) is 0 Å². The molecule has 3 rings (SSSR count). The minimum absolute atomic E-state index is 0.781. The lowest BCUT2D eigenvalue weighted by atomic mass is 9.68. The molecule has 0 aromatic rings. The van der Waals surface area contributed by atoms with E-state index in [9.17, 15) is 0 Å². The van der Waals surface area contributed by atoms with E-state index in [1.54, 1.807) is 0 Å². The van der Waals surface area contributed by atoms with Crippen molar-refractivity contribution in [3.8, 4) is 0 Å². The summed E-state index contributed by atoms with van der Waals surface area (Å²) in [4.78, 5) is 2.77. The first-order valence-corrected chi connectivity index (χ1v) is 8.79. The molecule has 2 aliphatic heterocycles. The number of nitrogens with one attached hydrogen (secondary N) is 1. The van der Waals surface area contributed by atoms with Crippen LogP contribution >= 0.6 is 0 Å². The Morgan fingerprint density at radius 1 is 0.895 bits per heavy atom. The Balaban J connectivity index is 1.37. The SMILES string of the molecule is C1CCC2(CC1)CCN(CCC1CCNCC1)CC2. The van der Waals surface area contributed by atoms with Crippen molar-refractivity contribution in [3.63, 3.8) is 0 Å². The summed E-state index contributed by atoms with van der Waals surface area (Å²) in [5.74, 6) is 1.01. The van der Waals surface area contributed by atoms with Crippen LogP contribution in [-0.4, -0.2) is 37.6 Å². The summed E-state index contributed by atoms with van der Waals surface area (Å²) >= 11 is 0. The molecule has 0 aromatic carbocycles. The number of rotatable bonds is 3. The predicted octanol–water partition coefficient (Wildman–Crippen LogP) is 3.42. The van der Waals surface area contributed by atoms with Crippen LogP contribution in [0.5, 0.6) is 0 Å². The monoisotopic (exact) mass is 264 g/mol. The van der Waals surface area contributed by atoms with E-state index in [4.69, 9.17) is 0 Å². The van der Waals surface area contributed by atoms with Crippen LogP contribution in [0.1, 0.15) is 64.2 Å². The van der Waals surface area contributed by atoms with Crippen molar-refractivity contribution in [1.29, 1.82) is 0 Å². The number of nitrogens with zero attached hydrogens (tertiary/aromatic N) is 1.